The van der Waals surface area contributed by atoms with Crippen LogP contribution in [0.3, 0.4) is 0 Å². The lowest BCUT2D eigenvalue weighted by Gasteiger charge is -2.37. The minimum atomic E-state index is -0.0653. The summed E-state index contributed by atoms with van der Waals surface area (Å²) >= 11 is 0. The van der Waals surface area contributed by atoms with Gasteiger partial charge in [-0.1, -0.05) is 66.7 Å². The van der Waals surface area contributed by atoms with Gasteiger partial charge in [-0.05, 0) is 106 Å². The minimum absolute atomic E-state index is 0.0232. The molecule has 0 radical (unpaired) electrons. The summed E-state index contributed by atoms with van der Waals surface area (Å²) in [7, 11) is 2.24. The van der Waals surface area contributed by atoms with E-state index in [9.17, 15) is 0 Å². The summed E-state index contributed by atoms with van der Waals surface area (Å²) in [5, 5.41) is 2.25. The molecule has 1 aromatic heterocycles. The first kappa shape index (κ1) is 24.7. The maximum atomic E-state index is 6.60. The van der Waals surface area contributed by atoms with Crippen LogP contribution in [0.2, 0.25) is 0 Å². The van der Waals surface area contributed by atoms with Crippen molar-refractivity contribution in [3.05, 3.63) is 126 Å². The van der Waals surface area contributed by atoms with Gasteiger partial charge >= 0.3 is 0 Å². The van der Waals surface area contributed by atoms with Gasteiger partial charge in [0.15, 0.2) is 5.58 Å². The maximum Gasteiger partial charge on any atom is 0.159 e. The lowest BCUT2D eigenvalue weighted by atomic mass is 9.87. The first-order chi connectivity index (χ1) is 19.3. The highest BCUT2D eigenvalue weighted by atomic mass is 16.3. The Morgan fingerprint density at radius 2 is 1.18 bits per heavy atom. The topological polar surface area (TPSA) is 19.6 Å². The fourth-order valence-corrected chi connectivity index (χ4v) is 6.55. The van der Waals surface area contributed by atoms with E-state index in [2.05, 4.69) is 154 Å². The van der Waals surface area contributed by atoms with Crippen LogP contribution in [0.15, 0.2) is 120 Å². The average Bonchev–Trinajstić information content (AvgIpc) is 3.42. The molecule has 2 heterocycles. The highest BCUT2D eigenvalue weighted by Crippen LogP contribution is 2.50. The predicted molar refractivity (Wildman–Crippen MR) is 168 cm³/mol. The maximum absolute atomic E-state index is 6.60. The second kappa shape index (κ2) is 8.84. The largest absolute Gasteiger partial charge is 0.454 e. The van der Waals surface area contributed by atoms with Gasteiger partial charge in [0.25, 0.3) is 0 Å². The van der Waals surface area contributed by atoms with E-state index in [4.69, 9.17) is 4.42 Å². The van der Waals surface area contributed by atoms with Crippen LogP contribution in [0, 0.1) is 0 Å². The van der Waals surface area contributed by atoms with Crippen molar-refractivity contribution in [2.24, 2.45) is 0 Å². The van der Waals surface area contributed by atoms with Crippen LogP contribution < -0.4 is 4.90 Å². The average molecular weight is 523 g/mol. The van der Waals surface area contributed by atoms with E-state index < -0.39 is 0 Å². The van der Waals surface area contributed by atoms with Gasteiger partial charge < -0.3 is 9.32 Å². The molecular weight excluding hydrogens is 488 g/mol. The van der Waals surface area contributed by atoms with Gasteiger partial charge in [-0.25, -0.2) is 0 Å². The monoisotopic (exact) mass is 522 g/mol. The van der Waals surface area contributed by atoms with E-state index in [1.807, 2.05) is 6.07 Å². The summed E-state index contributed by atoms with van der Waals surface area (Å²) in [6, 6.07) is 41.1. The Bertz CT molecular complexity index is 1830. The van der Waals surface area contributed by atoms with E-state index in [1.165, 1.54) is 22.3 Å². The number of rotatable bonds is 4. The normalized spacial score (nSPS) is 15.9. The number of hydrogen-bond donors (Lipinski definition) is 0. The predicted octanol–water partition coefficient (Wildman–Crippen LogP) is 10.1. The molecule has 7 rings (SSSR count). The standard InChI is InChI=1S/C37H34N2O/c1-36(2)31-21-20-25(23-32(31)37(3,4)38(36)5)26-22-30-29-18-12-13-19-34(29)40-35(30)33(24-26)39(27-14-8-6-9-15-27)28-16-10-7-11-17-28/h6-24H,1-5H3. The van der Waals surface area contributed by atoms with Gasteiger partial charge in [0.2, 0.25) is 0 Å². The Kier molecular flexibility index (Phi) is 5.45. The van der Waals surface area contributed by atoms with Crippen LogP contribution in [-0.4, -0.2) is 11.9 Å². The highest BCUT2D eigenvalue weighted by molar-refractivity contribution is 6.12. The van der Waals surface area contributed by atoms with E-state index in [-0.39, 0.29) is 11.1 Å². The molecule has 0 N–H and O–H groups in total. The van der Waals surface area contributed by atoms with Gasteiger partial charge in [-0.2, -0.15) is 0 Å². The SMILES string of the molecule is CN1C(C)(C)c2ccc(-c3cc(N(c4ccccc4)c4ccccc4)c4oc5ccccc5c4c3)cc2C1(C)C. The number of anilines is 3. The summed E-state index contributed by atoms with van der Waals surface area (Å²) in [6.07, 6.45) is 0. The van der Waals surface area contributed by atoms with E-state index in [1.54, 1.807) is 0 Å². The third-order valence-corrected chi connectivity index (χ3v) is 9.08. The van der Waals surface area contributed by atoms with Crippen LogP contribution in [-0.2, 0) is 11.1 Å². The number of hydrogen-bond acceptors (Lipinski definition) is 3. The quantitative estimate of drug-likeness (QED) is 0.230. The van der Waals surface area contributed by atoms with Gasteiger partial charge in [-0.3, -0.25) is 4.90 Å². The fourth-order valence-electron chi connectivity index (χ4n) is 6.55. The van der Waals surface area contributed by atoms with Gasteiger partial charge in [0.1, 0.15) is 5.58 Å². The molecular formula is C37H34N2O. The fraction of sp³-hybridized carbons (Fsp3) is 0.189. The summed E-state index contributed by atoms with van der Waals surface area (Å²) in [4.78, 5) is 4.79. The van der Waals surface area contributed by atoms with Gasteiger partial charge in [0.05, 0.1) is 5.69 Å². The second-order valence-corrected chi connectivity index (χ2v) is 11.9. The van der Waals surface area contributed by atoms with Crippen LogP contribution in [0.4, 0.5) is 17.1 Å². The molecule has 198 valence electrons. The van der Waals surface area contributed by atoms with Crippen LogP contribution in [0.1, 0.15) is 38.8 Å². The van der Waals surface area contributed by atoms with E-state index in [0.29, 0.717) is 0 Å². The second-order valence-electron chi connectivity index (χ2n) is 11.9. The number of para-hydroxylation sites is 3. The van der Waals surface area contributed by atoms with Crippen molar-refractivity contribution >= 4 is 39.0 Å². The molecule has 0 aliphatic carbocycles. The Morgan fingerprint density at radius 1 is 0.575 bits per heavy atom. The Balaban J connectivity index is 1.52. The van der Waals surface area contributed by atoms with Crippen molar-refractivity contribution in [2.75, 3.05) is 11.9 Å². The molecule has 0 atom stereocenters. The summed E-state index contributed by atoms with van der Waals surface area (Å²) < 4.78 is 6.60. The zero-order valence-electron chi connectivity index (χ0n) is 23.8. The number of benzene rings is 5. The molecule has 0 bridgehead atoms. The third kappa shape index (κ3) is 3.61. The van der Waals surface area contributed by atoms with Crippen molar-refractivity contribution < 1.29 is 4.42 Å². The van der Waals surface area contributed by atoms with E-state index in [0.717, 1.165) is 39.0 Å². The Labute approximate surface area is 236 Å². The molecule has 40 heavy (non-hydrogen) atoms. The molecule has 6 aromatic rings. The molecule has 0 spiro atoms. The summed E-state index contributed by atoms with van der Waals surface area (Å²) in [6.45, 7) is 9.30. The van der Waals surface area contributed by atoms with Crippen LogP contribution in [0.25, 0.3) is 33.1 Å². The summed E-state index contributed by atoms with van der Waals surface area (Å²) in [5.41, 5.74) is 10.1. The zero-order chi connectivity index (χ0) is 27.6. The first-order valence-electron chi connectivity index (χ1n) is 14.0. The molecule has 0 unspecified atom stereocenters. The first-order valence-corrected chi connectivity index (χ1v) is 14.0. The highest BCUT2D eigenvalue weighted by Gasteiger charge is 2.46. The molecule has 1 aliphatic rings. The van der Waals surface area contributed by atoms with Gasteiger partial charge in [-0.15, -0.1) is 0 Å². The van der Waals surface area contributed by atoms with Gasteiger partial charge in [0, 0.05) is 33.2 Å². The number of furan rings is 1. The lowest BCUT2D eigenvalue weighted by Crippen LogP contribution is -2.42. The molecule has 0 saturated heterocycles. The van der Waals surface area contributed by atoms with Crippen LogP contribution in [0.5, 0.6) is 0 Å². The molecule has 3 heteroatoms. The molecule has 1 aliphatic heterocycles. The Morgan fingerprint density at radius 3 is 1.85 bits per heavy atom. The van der Waals surface area contributed by atoms with Crippen molar-refractivity contribution in [2.45, 2.75) is 38.8 Å². The molecule has 0 fully saturated rings. The van der Waals surface area contributed by atoms with Crippen molar-refractivity contribution in [3.8, 4) is 11.1 Å². The smallest absolute Gasteiger partial charge is 0.159 e. The Hall–Kier alpha value is -4.34. The van der Waals surface area contributed by atoms with Crippen molar-refractivity contribution in [3.63, 3.8) is 0 Å². The van der Waals surface area contributed by atoms with Crippen molar-refractivity contribution in [1.29, 1.82) is 0 Å². The lowest BCUT2D eigenvalue weighted by molar-refractivity contribution is 0.0730. The number of nitrogens with zero attached hydrogens (tertiary/aromatic N) is 2. The number of fused-ring (bicyclic) bond motifs is 4. The zero-order valence-corrected chi connectivity index (χ0v) is 23.8. The molecule has 0 saturated carbocycles. The van der Waals surface area contributed by atoms with Crippen molar-refractivity contribution in [1.82, 2.24) is 4.90 Å². The van der Waals surface area contributed by atoms with E-state index >= 15 is 0 Å². The molecule has 5 aromatic carbocycles. The minimum Gasteiger partial charge on any atom is -0.454 e. The molecule has 0 amide bonds. The summed E-state index contributed by atoms with van der Waals surface area (Å²) in [5.74, 6) is 0. The van der Waals surface area contributed by atoms with Crippen LogP contribution >= 0.6 is 0 Å². The molecule has 3 nitrogen and oxygen atoms in total. The third-order valence-electron chi connectivity index (χ3n) is 9.08.